The number of hydrogen-bond donors (Lipinski definition) is 0. The minimum atomic E-state index is 0.717. The molecule has 0 amide bonds. The Labute approximate surface area is 122 Å². The molecule has 0 saturated carbocycles. The van der Waals surface area contributed by atoms with E-state index in [-0.39, 0.29) is 0 Å². The Morgan fingerprint density at radius 2 is 1.58 bits per heavy atom. The van der Waals surface area contributed by atoms with Crippen LogP contribution in [-0.4, -0.2) is 19.4 Å². The van der Waals surface area contributed by atoms with Gasteiger partial charge in [-0.1, -0.05) is 36.0 Å². The lowest BCUT2D eigenvalue weighted by molar-refractivity contribution is 0.386. The average molecular weight is 289 g/mol. The number of fused-ring (bicyclic) bond motifs is 2. The molecule has 4 heteroatoms. The summed E-state index contributed by atoms with van der Waals surface area (Å²) in [4.78, 5) is 4.97. The minimum absolute atomic E-state index is 0.717. The molecule has 0 aliphatic carbocycles. The molecule has 0 spiro atoms. The summed E-state index contributed by atoms with van der Waals surface area (Å²) in [6, 6.07) is 17.1. The lowest BCUT2D eigenvalue weighted by Gasteiger charge is -2.32. The highest BCUT2D eigenvalue weighted by Gasteiger charge is 2.22. The molecule has 2 aromatic carbocycles. The van der Waals surface area contributed by atoms with Crippen molar-refractivity contribution in [1.82, 2.24) is 0 Å². The summed E-state index contributed by atoms with van der Waals surface area (Å²) in [7, 11) is 0. The largest absolute Gasteiger partial charge is 0.337 e. The Hall–Kier alpha value is -1.10. The maximum atomic E-state index is 5.43. The highest BCUT2D eigenvalue weighted by molar-refractivity contribution is 7.99. The molecule has 3 rings (SSSR count). The molecule has 0 aromatic heterocycles. The maximum Gasteiger partial charge on any atom is 0.0793 e. The lowest BCUT2D eigenvalue weighted by atomic mass is 10.2. The van der Waals surface area contributed by atoms with E-state index in [1.54, 1.807) is 0 Å². The van der Waals surface area contributed by atoms with Crippen molar-refractivity contribution >= 4 is 35.2 Å². The first-order valence-corrected chi connectivity index (χ1v) is 8.16. The van der Waals surface area contributed by atoms with Crippen molar-refractivity contribution in [2.75, 3.05) is 24.3 Å². The summed E-state index contributed by atoms with van der Waals surface area (Å²) in [5, 5.41) is 0. The van der Waals surface area contributed by atoms with Crippen LogP contribution in [0.1, 0.15) is 0 Å². The van der Waals surface area contributed by atoms with Crippen LogP contribution in [0.25, 0.3) is 0 Å². The molecule has 1 heterocycles. The monoisotopic (exact) mass is 289 g/mol. The third-order valence-electron chi connectivity index (χ3n) is 3.05. The summed E-state index contributed by atoms with van der Waals surface area (Å²) in [6.45, 7) is 1.59. The van der Waals surface area contributed by atoms with Gasteiger partial charge in [0.15, 0.2) is 0 Å². The SMILES string of the molecule is CSOCCN1c2ccccc2Sc2ccccc21. The van der Waals surface area contributed by atoms with Crippen LogP contribution in [0.15, 0.2) is 58.3 Å². The van der Waals surface area contributed by atoms with E-state index >= 15 is 0 Å². The molecule has 0 radical (unpaired) electrons. The third-order valence-corrected chi connectivity index (χ3v) is 4.58. The van der Waals surface area contributed by atoms with Gasteiger partial charge in [-0.25, -0.2) is 0 Å². The van der Waals surface area contributed by atoms with Crippen molar-refractivity contribution in [3.63, 3.8) is 0 Å². The fourth-order valence-corrected chi connectivity index (χ4v) is 3.57. The summed E-state index contributed by atoms with van der Waals surface area (Å²) < 4.78 is 5.43. The first kappa shape index (κ1) is 12.9. The van der Waals surface area contributed by atoms with E-state index in [2.05, 4.69) is 53.4 Å². The highest BCUT2D eigenvalue weighted by atomic mass is 32.2. The molecule has 0 saturated heterocycles. The second-order valence-electron chi connectivity index (χ2n) is 4.18. The molecule has 1 aliphatic rings. The molecule has 0 fully saturated rings. The van der Waals surface area contributed by atoms with Crippen LogP contribution >= 0.6 is 23.8 Å². The highest BCUT2D eigenvalue weighted by Crippen LogP contribution is 2.47. The Morgan fingerprint density at radius 1 is 1.00 bits per heavy atom. The van der Waals surface area contributed by atoms with Gasteiger partial charge in [0.2, 0.25) is 0 Å². The van der Waals surface area contributed by atoms with Crippen molar-refractivity contribution < 1.29 is 4.18 Å². The zero-order valence-corrected chi connectivity index (χ0v) is 12.3. The number of hydrogen-bond acceptors (Lipinski definition) is 4. The van der Waals surface area contributed by atoms with Crippen molar-refractivity contribution in [2.45, 2.75) is 9.79 Å². The Kier molecular flexibility index (Phi) is 4.01. The molecule has 0 bridgehead atoms. The van der Waals surface area contributed by atoms with E-state index in [1.807, 2.05) is 18.0 Å². The molecule has 0 atom stereocenters. The molecule has 0 unspecified atom stereocenters. The van der Waals surface area contributed by atoms with Crippen molar-refractivity contribution in [3.05, 3.63) is 48.5 Å². The lowest BCUT2D eigenvalue weighted by Crippen LogP contribution is -2.24. The standard InChI is InChI=1S/C15H15NOS2/c1-18-17-11-10-16-12-6-2-4-8-14(12)19-15-9-5-3-7-13(15)16/h2-9H,10-11H2,1H3. The average Bonchev–Trinajstić information content (AvgIpc) is 2.46. The van der Waals surface area contributed by atoms with E-state index in [0.29, 0.717) is 6.61 Å². The number of para-hydroxylation sites is 2. The Morgan fingerprint density at radius 3 is 2.16 bits per heavy atom. The predicted octanol–water partition coefficient (Wildman–Crippen LogP) is 4.58. The van der Waals surface area contributed by atoms with Gasteiger partial charge in [0.1, 0.15) is 0 Å². The van der Waals surface area contributed by atoms with Gasteiger partial charge < -0.3 is 9.08 Å². The number of benzene rings is 2. The molecule has 98 valence electrons. The maximum absolute atomic E-state index is 5.43. The molecular weight excluding hydrogens is 274 g/mol. The molecular formula is C15H15NOS2. The minimum Gasteiger partial charge on any atom is -0.337 e. The van der Waals surface area contributed by atoms with Crippen LogP contribution < -0.4 is 4.90 Å². The number of nitrogens with zero attached hydrogens (tertiary/aromatic N) is 1. The predicted molar refractivity (Wildman–Crippen MR) is 83.5 cm³/mol. The quantitative estimate of drug-likeness (QED) is 0.603. The number of anilines is 2. The Balaban J connectivity index is 1.96. The first-order valence-electron chi connectivity index (χ1n) is 6.19. The van der Waals surface area contributed by atoms with E-state index in [4.69, 9.17) is 4.18 Å². The zero-order valence-electron chi connectivity index (χ0n) is 10.7. The zero-order chi connectivity index (χ0) is 13.1. The fraction of sp³-hybridized carbons (Fsp3) is 0.200. The van der Waals surface area contributed by atoms with Crippen LogP contribution in [0.5, 0.6) is 0 Å². The van der Waals surface area contributed by atoms with Gasteiger partial charge in [-0.05, 0) is 36.3 Å². The number of rotatable bonds is 4. The van der Waals surface area contributed by atoms with Crippen molar-refractivity contribution in [1.29, 1.82) is 0 Å². The fourth-order valence-electron chi connectivity index (χ4n) is 2.23. The van der Waals surface area contributed by atoms with Gasteiger partial charge in [0.05, 0.1) is 18.0 Å². The molecule has 1 aliphatic heterocycles. The van der Waals surface area contributed by atoms with E-state index < -0.39 is 0 Å². The molecule has 2 aromatic rings. The molecule has 0 N–H and O–H groups in total. The smallest absolute Gasteiger partial charge is 0.0793 e. The van der Waals surface area contributed by atoms with Crippen molar-refractivity contribution in [3.8, 4) is 0 Å². The van der Waals surface area contributed by atoms with E-state index in [9.17, 15) is 0 Å². The van der Waals surface area contributed by atoms with Crippen LogP contribution in [-0.2, 0) is 4.18 Å². The van der Waals surface area contributed by atoms with Gasteiger partial charge in [-0.2, -0.15) is 0 Å². The van der Waals surface area contributed by atoms with E-state index in [0.717, 1.165) is 6.54 Å². The second-order valence-corrected chi connectivity index (χ2v) is 5.83. The summed E-state index contributed by atoms with van der Waals surface area (Å²) in [5.41, 5.74) is 2.55. The Bertz CT molecular complexity index is 528. The topological polar surface area (TPSA) is 12.5 Å². The van der Waals surface area contributed by atoms with Gasteiger partial charge in [-0.3, -0.25) is 0 Å². The van der Waals surface area contributed by atoms with E-state index in [1.165, 1.54) is 33.2 Å². The first-order chi connectivity index (χ1) is 9.40. The molecule has 19 heavy (non-hydrogen) atoms. The van der Waals surface area contributed by atoms with Crippen LogP contribution in [0, 0.1) is 0 Å². The van der Waals surface area contributed by atoms with Gasteiger partial charge in [0.25, 0.3) is 0 Å². The summed E-state index contributed by atoms with van der Waals surface area (Å²) in [5.74, 6) is 0. The summed E-state index contributed by atoms with van der Waals surface area (Å²) in [6.07, 6.45) is 1.95. The third kappa shape index (κ3) is 2.61. The van der Waals surface area contributed by atoms with Crippen LogP contribution in [0.3, 0.4) is 0 Å². The van der Waals surface area contributed by atoms with Gasteiger partial charge >= 0.3 is 0 Å². The van der Waals surface area contributed by atoms with Crippen molar-refractivity contribution in [2.24, 2.45) is 0 Å². The van der Waals surface area contributed by atoms with Crippen LogP contribution in [0.2, 0.25) is 0 Å². The summed E-state index contributed by atoms with van der Waals surface area (Å²) >= 11 is 3.26. The van der Waals surface area contributed by atoms with Gasteiger partial charge in [-0.15, -0.1) is 0 Å². The molecule has 2 nitrogen and oxygen atoms in total. The second kappa shape index (κ2) is 5.90. The van der Waals surface area contributed by atoms with Gasteiger partial charge in [0, 0.05) is 22.6 Å². The normalized spacial score (nSPS) is 13.0. The van der Waals surface area contributed by atoms with Crippen LogP contribution in [0.4, 0.5) is 11.4 Å².